The molecule has 4 nitrogen and oxygen atoms in total. The Labute approximate surface area is 445 Å². The van der Waals surface area contributed by atoms with E-state index in [0.29, 0.717) is 0 Å². The summed E-state index contributed by atoms with van der Waals surface area (Å²) in [7, 11) is 0. The molecule has 0 saturated carbocycles. The smallest absolute Gasteiger partial charge is 0.135 e. The lowest BCUT2D eigenvalue weighted by Gasteiger charge is -2.45. The van der Waals surface area contributed by atoms with Gasteiger partial charge in [-0.15, -0.1) is 22.7 Å². The molecule has 356 valence electrons. The molecule has 15 aromatic rings. The van der Waals surface area contributed by atoms with Crippen LogP contribution in [0.25, 0.3) is 109 Å². The molecule has 0 fully saturated rings. The van der Waals surface area contributed by atoms with Crippen LogP contribution in [0.15, 0.2) is 246 Å². The van der Waals surface area contributed by atoms with Gasteiger partial charge in [0.15, 0.2) is 0 Å². The summed E-state index contributed by atoms with van der Waals surface area (Å²) < 4.78 is 11.7. The van der Waals surface area contributed by atoms with E-state index in [4.69, 9.17) is 4.42 Å². The van der Waals surface area contributed by atoms with Gasteiger partial charge in [0.2, 0.25) is 0 Å². The second-order valence-corrected chi connectivity index (χ2v) is 22.3. The fourth-order valence-corrected chi connectivity index (χ4v) is 15.4. The molecule has 0 bridgehead atoms. The van der Waals surface area contributed by atoms with Crippen molar-refractivity contribution in [2.75, 3.05) is 4.90 Å². The first-order chi connectivity index (χ1) is 37.6. The van der Waals surface area contributed by atoms with E-state index in [1.54, 1.807) is 0 Å². The Morgan fingerprint density at radius 1 is 0.368 bits per heavy atom. The number of hydrogen-bond donors (Lipinski definition) is 0. The number of nitrogens with zero attached hydrogens (tertiary/aromatic N) is 3. The van der Waals surface area contributed by atoms with Crippen LogP contribution in [0.4, 0.5) is 17.1 Å². The molecule has 0 radical (unpaired) electrons. The van der Waals surface area contributed by atoms with E-state index in [1.165, 1.54) is 98.1 Å². The van der Waals surface area contributed by atoms with Crippen LogP contribution in [0, 0.1) is 6.92 Å². The number of aromatic nitrogens is 2. The number of para-hydroxylation sites is 4. The quantitative estimate of drug-likeness (QED) is 0.172. The van der Waals surface area contributed by atoms with Crippen molar-refractivity contribution in [2.24, 2.45) is 0 Å². The van der Waals surface area contributed by atoms with E-state index < -0.39 is 5.41 Å². The summed E-state index contributed by atoms with van der Waals surface area (Å²) in [6.07, 6.45) is 0. The van der Waals surface area contributed by atoms with Gasteiger partial charge in [-0.1, -0.05) is 127 Å². The summed E-state index contributed by atoms with van der Waals surface area (Å²) in [5.41, 5.74) is 22.8. The minimum absolute atomic E-state index is 0.597. The zero-order valence-electron chi connectivity index (χ0n) is 41.2. The predicted molar refractivity (Wildman–Crippen MR) is 319 cm³/mol. The van der Waals surface area contributed by atoms with Crippen LogP contribution in [0.2, 0.25) is 0 Å². The fraction of sp³-hybridized carbons (Fsp3) is 0.0286. The molecular formula is C70H43N3OS2. The maximum Gasteiger partial charge on any atom is 0.135 e. The highest BCUT2D eigenvalue weighted by Gasteiger charge is 2.54. The Morgan fingerprint density at radius 2 is 0.908 bits per heavy atom. The Kier molecular flexibility index (Phi) is 8.70. The van der Waals surface area contributed by atoms with Gasteiger partial charge in [0.1, 0.15) is 11.2 Å². The van der Waals surface area contributed by atoms with E-state index in [-0.39, 0.29) is 0 Å². The predicted octanol–water partition coefficient (Wildman–Crippen LogP) is 19.7. The van der Waals surface area contributed by atoms with Gasteiger partial charge in [-0.3, -0.25) is 0 Å². The third-order valence-corrected chi connectivity index (χ3v) is 18.5. The number of aryl methyl sites for hydroxylation is 1. The molecule has 2 aliphatic rings. The van der Waals surface area contributed by atoms with Gasteiger partial charge in [0.05, 0.1) is 38.9 Å². The maximum atomic E-state index is 6.82. The van der Waals surface area contributed by atoms with Crippen molar-refractivity contribution in [3.8, 4) is 43.4 Å². The van der Waals surface area contributed by atoms with Crippen molar-refractivity contribution in [2.45, 2.75) is 12.3 Å². The second kappa shape index (κ2) is 15.7. The lowest BCUT2D eigenvalue weighted by Crippen LogP contribution is -2.36. The van der Waals surface area contributed by atoms with Gasteiger partial charge in [-0.05, 0) is 166 Å². The first-order valence-electron chi connectivity index (χ1n) is 26.0. The third-order valence-electron chi connectivity index (χ3n) is 16.6. The van der Waals surface area contributed by atoms with Gasteiger partial charge < -0.3 is 18.5 Å². The van der Waals surface area contributed by atoms with Crippen LogP contribution in [0.1, 0.15) is 27.8 Å². The molecule has 10 aromatic carbocycles. The summed E-state index contributed by atoms with van der Waals surface area (Å²) in [5, 5.41) is 11.7. The molecule has 0 unspecified atom stereocenters. The Balaban J connectivity index is 0.943. The molecule has 0 atom stereocenters. The average molecular weight is 1010 g/mol. The second-order valence-electron chi connectivity index (χ2n) is 20.5. The highest BCUT2D eigenvalue weighted by molar-refractivity contribution is 7.21. The monoisotopic (exact) mass is 1010 g/mol. The topological polar surface area (TPSA) is 26.2 Å². The van der Waals surface area contributed by atoms with Gasteiger partial charge in [0, 0.05) is 64.7 Å². The number of hydrogen-bond acceptors (Lipinski definition) is 4. The third kappa shape index (κ3) is 5.66. The molecule has 6 heteroatoms. The minimum atomic E-state index is -0.597. The zero-order valence-corrected chi connectivity index (χ0v) is 42.8. The van der Waals surface area contributed by atoms with E-state index in [0.717, 1.165) is 55.7 Å². The first kappa shape index (κ1) is 42.2. The summed E-state index contributed by atoms with van der Waals surface area (Å²) in [4.78, 5) is 5.28. The normalized spacial score (nSPS) is 13.4. The summed E-state index contributed by atoms with van der Waals surface area (Å²) in [5.74, 6) is 0. The summed E-state index contributed by atoms with van der Waals surface area (Å²) >= 11 is 3.72. The molecule has 1 aliphatic carbocycles. The van der Waals surface area contributed by atoms with Gasteiger partial charge in [-0.2, -0.15) is 0 Å². The molecule has 17 rings (SSSR count). The largest absolute Gasteiger partial charge is 0.456 e. The van der Waals surface area contributed by atoms with Crippen molar-refractivity contribution in [3.63, 3.8) is 0 Å². The zero-order chi connectivity index (χ0) is 49.8. The average Bonchev–Trinajstić information content (AvgIpc) is 4.47. The molecule has 1 spiro atoms. The van der Waals surface area contributed by atoms with E-state index in [1.807, 2.05) is 22.7 Å². The Bertz CT molecular complexity index is 4850. The van der Waals surface area contributed by atoms with Crippen LogP contribution in [0.5, 0.6) is 0 Å². The van der Waals surface area contributed by atoms with Crippen LogP contribution >= 0.6 is 22.7 Å². The molecule has 1 aliphatic heterocycles. The molecule has 0 saturated heterocycles. The molecule has 6 heterocycles. The number of rotatable bonds is 5. The molecular weight excluding hydrogens is 963 g/mol. The number of anilines is 3. The minimum Gasteiger partial charge on any atom is -0.456 e. The number of thiophene rings is 2. The highest BCUT2D eigenvalue weighted by Crippen LogP contribution is 2.67. The lowest BCUT2D eigenvalue weighted by atomic mass is 9.64. The fourth-order valence-electron chi connectivity index (χ4n) is 13.3. The Hall–Kier alpha value is -9.20. The van der Waals surface area contributed by atoms with Gasteiger partial charge >= 0.3 is 0 Å². The number of furan rings is 1. The van der Waals surface area contributed by atoms with E-state index in [2.05, 4.69) is 262 Å². The summed E-state index contributed by atoms with van der Waals surface area (Å²) in [6.45, 7) is 2.16. The molecule has 5 aromatic heterocycles. The molecule has 0 amide bonds. The van der Waals surface area contributed by atoms with Crippen molar-refractivity contribution in [3.05, 3.63) is 269 Å². The van der Waals surface area contributed by atoms with E-state index >= 15 is 0 Å². The van der Waals surface area contributed by atoms with Crippen molar-refractivity contribution < 1.29 is 4.42 Å². The van der Waals surface area contributed by atoms with Crippen molar-refractivity contribution >= 4 is 105 Å². The van der Waals surface area contributed by atoms with Crippen LogP contribution in [-0.2, 0) is 5.41 Å². The van der Waals surface area contributed by atoms with Crippen LogP contribution < -0.4 is 4.90 Å². The maximum absolute atomic E-state index is 6.82. The van der Waals surface area contributed by atoms with Crippen molar-refractivity contribution in [1.82, 2.24) is 9.13 Å². The van der Waals surface area contributed by atoms with Crippen molar-refractivity contribution in [1.29, 1.82) is 0 Å². The SMILES string of the molecule is Cc1ccc(-c2ccc3c(c2)N(c2ccc4c(c2)c2cc(-c5ccc6c(c5)c5ccccc5n6-c5ccccc5)ccc2n4-c2ccccc2)c2ccc4oc5ccccc5c4c2C32c3ccsc3-c3sccc32)cc1. The standard InChI is InChI=1S/C70H43N3OS2/c1-42-20-22-43(23-21-42)46-24-28-55-63(40-46)73(62-32-33-65-66(51-17-9-11-19-64(51)74-65)67(62)70(55)56-34-36-75-68(56)69-57(70)35-37-76-69)49-27-31-61-54(41-49)53-39-45(26-30-60(53)72(61)48-14-6-3-7-15-48)44-25-29-59-52(38-44)50-16-8-10-18-58(50)71(59)47-12-4-2-5-13-47/h2-41H,1H3. The van der Waals surface area contributed by atoms with Gasteiger partial charge in [0.25, 0.3) is 0 Å². The summed E-state index contributed by atoms with van der Waals surface area (Å²) in [6, 6.07) is 85.7. The highest BCUT2D eigenvalue weighted by atomic mass is 32.1. The number of benzene rings is 10. The number of fused-ring (bicyclic) bond motifs is 19. The van der Waals surface area contributed by atoms with Crippen LogP contribution in [-0.4, -0.2) is 9.13 Å². The van der Waals surface area contributed by atoms with Gasteiger partial charge in [-0.25, -0.2) is 0 Å². The van der Waals surface area contributed by atoms with Crippen LogP contribution in [0.3, 0.4) is 0 Å². The molecule has 76 heavy (non-hydrogen) atoms. The molecule has 0 N–H and O–H groups in total. The Morgan fingerprint density at radius 3 is 1.59 bits per heavy atom. The van der Waals surface area contributed by atoms with E-state index in [9.17, 15) is 0 Å². The first-order valence-corrected chi connectivity index (χ1v) is 27.7. The lowest BCUT2D eigenvalue weighted by molar-refractivity contribution is 0.667.